The lowest BCUT2D eigenvalue weighted by molar-refractivity contribution is -0.188. The smallest absolute Gasteiger partial charge is 0.425 e. The van der Waals surface area contributed by atoms with Crippen LogP contribution in [-0.2, 0) is 19.0 Å². The second-order valence-corrected chi connectivity index (χ2v) is 9.97. The molecule has 0 atom stereocenters. The fourth-order valence-electron chi connectivity index (χ4n) is 5.02. The summed E-state index contributed by atoms with van der Waals surface area (Å²) in [5, 5.41) is 0. The maximum Gasteiger partial charge on any atom is 0.427 e. The number of ether oxygens (including phenoxy) is 1. The van der Waals surface area contributed by atoms with E-state index < -0.39 is 11.9 Å². The number of hydrogen-bond donors (Lipinski definition) is 0. The van der Waals surface area contributed by atoms with Crippen LogP contribution in [0.3, 0.4) is 0 Å². The molecule has 4 rings (SSSR count). The normalized spacial score (nSPS) is 13.7. The van der Waals surface area contributed by atoms with Gasteiger partial charge in [-0.1, -0.05) is 107 Å². The Morgan fingerprint density at radius 1 is 0.667 bits per heavy atom. The van der Waals surface area contributed by atoms with Crippen molar-refractivity contribution in [3.8, 4) is 28.0 Å². The molecule has 0 spiro atoms. The van der Waals surface area contributed by atoms with E-state index >= 15 is 13.2 Å². The van der Waals surface area contributed by atoms with E-state index in [-0.39, 0.29) is 11.3 Å². The lowest BCUT2D eigenvalue weighted by atomic mass is 9.90. The van der Waals surface area contributed by atoms with Crippen LogP contribution in [0.15, 0.2) is 54.6 Å². The topological polar surface area (TPSA) is 9.23 Å². The average Bonchev–Trinajstić information content (AvgIpc) is 2.88. The maximum atomic E-state index is 15.2. The second-order valence-electron chi connectivity index (χ2n) is 9.97. The molecule has 0 N–H and O–H groups in total. The zero-order valence-corrected chi connectivity index (χ0v) is 21.5. The summed E-state index contributed by atoms with van der Waals surface area (Å²) in [6, 6.07) is 16.5. The van der Waals surface area contributed by atoms with Crippen molar-refractivity contribution >= 4 is 0 Å². The zero-order valence-electron chi connectivity index (χ0n) is 21.5. The molecule has 0 unspecified atom stereocenters. The predicted octanol–water partition coefficient (Wildman–Crippen LogP) is 10.2. The van der Waals surface area contributed by atoms with Crippen molar-refractivity contribution in [3.63, 3.8) is 0 Å². The lowest BCUT2D eigenvalue weighted by Crippen LogP contribution is -2.27. The van der Waals surface area contributed by atoms with Crippen LogP contribution in [0.25, 0.3) is 22.3 Å². The summed E-state index contributed by atoms with van der Waals surface area (Å²) in [5.41, 5.74) is 3.76. The van der Waals surface area contributed by atoms with Gasteiger partial charge in [0.25, 0.3) is 0 Å². The van der Waals surface area contributed by atoms with Crippen LogP contribution in [0, 0.1) is 5.82 Å². The highest BCUT2D eigenvalue weighted by Crippen LogP contribution is 2.49. The molecule has 36 heavy (non-hydrogen) atoms. The number of benzene rings is 3. The molecule has 1 aliphatic heterocycles. The number of fused-ring (bicyclic) bond motifs is 3. The molecule has 1 heterocycles. The molecule has 0 amide bonds. The molecule has 1 nitrogen and oxygen atoms in total. The first-order chi connectivity index (χ1) is 17.4. The van der Waals surface area contributed by atoms with Crippen molar-refractivity contribution in [2.75, 3.05) is 0 Å². The van der Waals surface area contributed by atoms with Crippen LogP contribution in [0.5, 0.6) is 5.75 Å². The summed E-state index contributed by atoms with van der Waals surface area (Å²) < 4.78 is 50.6. The van der Waals surface area contributed by atoms with E-state index in [1.54, 1.807) is 18.2 Å². The third kappa shape index (κ3) is 5.96. The van der Waals surface area contributed by atoms with E-state index in [0.29, 0.717) is 28.7 Å². The summed E-state index contributed by atoms with van der Waals surface area (Å²) in [4.78, 5) is 0. The van der Waals surface area contributed by atoms with Crippen LogP contribution in [0.2, 0.25) is 0 Å². The van der Waals surface area contributed by atoms with Crippen LogP contribution in [0.4, 0.5) is 13.2 Å². The standard InChI is InChI=1S/C32H37F3O/c1-3-5-7-9-11-13-25-18-21-28-27-20-19-26(22-29(27)32(34,35)36-31(28)30(25)33)24-16-14-23(15-17-24)12-10-8-6-4-2/h14-22H,3-13H2,1-2H3. The first-order valence-electron chi connectivity index (χ1n) is 13.6. The molecular formula is C32H37F3O. The predicted molar refractivity (Wildman–Crippen MR) is 142 cm³/mol. The van der Waals surface area contributed by atoms with Gasteiger partial charge < -0.3 is 4.74 Å². The maximum absolute atomic E-state index is 15.2. The Morgan fingerprint density at radius 2 is 1.28 bits per heavy atom. The van der Waals surface area contributed by atoms with E-state index in [1.165, 1.54) is 30.9 Å². The Labute approximate surface area is 213 Å². The number of halogens is 3. The fraction of sp³-hybridized carbons (Fsp3) is 0.438. The molecule has 1 aliphatic rings. The minimum absolute atomic E-state index is 0.220. The molecule has 0 saturated carbocycles. The Hall–Kier alpha value is -2.75. The number of aryl methyl sites for hydroxylation is 2. The van der Waals surface area contributed by atoms with Crippen molar-refractivity contribution in [3.05, 3.63) is 77.1 Å². The Bertz CT molecular complexity index is 1150. The highest BCUT2D eigenvalue weighted by Gasteiger charge is 2.43. The molecule has 4 heteroatoms. The number of rotatable bonds is 12. The molecule has 3 aromatic rings. The van der Waals surface area contributed by atoms with Gasteiger partial charge in [0.05, 0.1) is 5.56 Å². The van der Waals surface area contributed by atoms with Gasteiger partial charge in [-0.2, -0.15) is 8.78 Å². The largest absolute Gasteiger partial charge is 0.427 e. The monoisotopic (exact) mass is 494 g/mol. The van der Waals surface area contributed by atoms with Crippen molar-refractivity contribution in [2.45, 2.75) is 90.6 Å². The molecule has 0 aliphatic carbocycles. The Kier molecular flexibility index (Phi) is 8.77. The SMILES string of the molecule is CCCCCCCc1ccc2c(c1F)OC(F)(F)c1cc(-c3ccc(CCCCCC)cc3)ccc1-2. The molecule has 0 saturated heterocycles. The van der Waals surface area contributed by atoms with Gasteiger partial charge >= 0.3 is 6.11 Å². The zero-order chi connectivity index (χ0) is 25.5. The lowest BCUT2D eigenvalue weighted by Gasteiger charge is -2.29. The number of alkyl halides is 2. The summed E-state index contributed by atoms with van der Waals surface area (Å²) in [6.07, 6.45) is 8.04. The molecule has 0 radical (unpaired) electrons. The second kappa shape index (κ2) is 12.0. The van der Waals surface area contributed by atoms with Crippen LogP contribution < -0.4 is 4.74 Å². The van der Waals surface area contributed by atoms with Crippen LogP contribution in [0.1, 0.15) is 88.3 Å². The third-order valence-corrected chi connectivity index (χ3v) is 7.19. The quantitative estimate of drug-likeness (QED) is 0.228. The van der Waals surface area contributed by atoms with Crippen molar-refractivity contribution in [1.29, 1.82) is 0 Å². The van der Waals surface area contributed by atoms with Crippen molar-refractivity contribution in [2.24, 2.45) is 0 Å². The van der Waals surface area contributed by atoms with E-state index in [1.807, 2.05) is 18.2 Å². The van der Waals surface area contributed by atoms with Gasteiger partial charge in [0.15, 0.2) is 11.6 Å². The Morgan fingerprint density at radius 3 is 2.00 bits per heavy atom. The summed E-state index contributed by atoms with van der Waals surface area (Å²) >= 11 is 0. The highest BCUT2D eigenvalue weighted by molar-refractivity contribution is 5.80. The Balaban J connectivity index is 1.55. The number of unbranched alkanes of at least 4 members (excludes halogenated alkanes) is 7. The van der Waals surface area contributed by atoms with E-state index in [0.717, 1.165) is 50.5 Å². The summed E-state index contributed by atoms with van der Waals surface area (Å²) in [5.74, 6) is -0.995. The molecular weight excluding hydrogens is 457 g/mol. The first-order valence-corrected chi connectivity index (χ1v) is 13.6. The molecule has 192 valence electrons. The van der Waals surface area contributed by atoms with Gasteiger partial charge in [-0.05, 0) is 59.6 Å². The highest BCUT2D eigenvalue weighted by atomic mass is 19.3. The van der Waals surface area contributed by atoms with Crippen LogP contribution >= 0.6 is 0 Å². The van der Waals surface area contributed by atoms with E-state index in [9.17, 15) is 0 Å². The minimum Gasteiger partial charge on any atom is -0.425 e. The third-order valence-electron chi connectivity index (χ3n) is 7.19. The van der Waals surface area contributed by atoms with Gasteiger partial charge in [0.1, 0.15) is 0 Å². The number of hydrogen-bond acceptors (Lipinski definition) is 1. The van der Waals surface area contributed by atoms with E-state index in [4.69, 9.17) is 4.74 Å². The average molecular weight is 495 g/mol. The van der Waals surface area contributed by atoms with Gasteiger partial charge in [0, 0.05) is 5.56 Å². The van der Waals surface area contributed by atoms with Gasteiger partial charge in [-0.15, -0.1) is 0 Å². The molecule has 0 fully saturated rings. The fourth-order valence-corrected chi connectivity index (χ4v) is 5.02. The minimum atomic E-state index is -3.60. The molecule has 0 bridgehead atoms. The molecule has 0 aromatic heterocycles. The van der Waals surface area contributed by atoms with Gasteiger partial charge in [-0.25, -0.2) is 4.39 Å². The molecule has 3 aromatic carbocycles. The van der Waals surface area contributed by atoms with Gasteiger partial charge in [0.2, 0.25) is 0 Å². The summed E-state index contributed by atoms with van der Waals surface area (Å²) in [7, 11) is 0. The summed E-state index contributed by atoms with van der Waals surface area (Å²) in [6.45, 7) is 4.35. The van der Waals surface area contributed by atoms with Crippen LogP contribution in [-0.4, -0.2) is 0 Å². The van der Waals surface area contributed by atoms with E-state index in [2.05, 4.69) is 26.0 Å². The van der Waals surface area contributed by atoms with Crippen molar-refractivity contribution in [1.82, 2.24) is 0 Å². The van der Waals surface area contributed by atoms with Gasteiger partial charge in [-0.3, -0.25) is 0 Å². The van der Waals surface area contributed by atoms with Crippen molar-refractivity contribution < 1.29 is 17.9 Å². The first kappa shape index (κ1) is 26.3.